The van der Waals surface area contributed by atoms with E-state index in [1.807, 2.05) is 30.3 Å². The summed E-state index contributed by atoms with van der Waals surface area (Å²) in [6, 6.07) is 9.70. The van der Waals surface area contributed by atoms with Crippen LogP contribution in [-0.2, 0) is 16.4 Å². The van der Waals surface area contributed by atoms with E-state index in [-0.39, 0.29) is 9.47 Å². The van der Waals surface area contributed by atoms with Gasteiger partial charge in [-0.2, -0.15) is 4.31 Å². The molecule has 0 bridgehead atoms. The third-order valence-corrected chi connectivity index (χ3v) is 5.57. The number of aromatic nitrogens is 2. The van der Waals surface area contributed by atoms with Gasteiger partial charge in [0.2, 0.25) is 9.47 Å². The molecule has 0 fully saturated rings. The minimum atomic E-state index is -3.59. The first-order chi connectivity index (χ1) is 9.00. The van der Waals surface area contributed by atoms with E-state index in [2.05, 4.69) is 10.2 Å². The number of benzene rings is 1. The van der Waals surface area contributed by atoms with Crippen LogP contribution in [0.5, 0.6) is 0 Å². The minimum absolute atomic E-state index is 0.0689. The van der Waals surface area contributed by atoms with Gasteiger partial charge in [-0.05, 0) is 12.0 Å². The highest BCUT2D eigenvalue weighted by Crippen LogP contribution is 2.20. The molecule has 2 rings (SSSR count). The predicted molar refractivity (Wildman–Crippen MR) is 74.3 cm³/mol. The molecule has 1 aromatic carbocycles. The highest BCUT2D eigenvalue weighted by Gasteiger charge is 2.24. The van der Waals surface area contributed by atoms with E-state index in [0.29, 0.717) is 13.0 Å². The van der Waals surface area contributed by atoms with E-state index in [1.165, 1.54) is 11.4 Å². The summed E-state index contributed by atoms with van der Waals surface area (Å²) in [5.41, 5.74) is 6.49. The van der Waals surface area contributed by atoms with Gasteiger partial charge in [0, 0.05) is 13.6 Å². The first kappa shape index (κ1) is 13.9. The fraction of sp³-hybridized carbons (Fsp3) is 0.273. The number of anilines is 1. The zero-order chi connectivity index (χ0) is 13.9. The number of hydrogen-bond acceptors (Lipinski definition) is 6. The van der Waals surface area contributed by atoms with Crippen molar-refractivity contribution >= 4 is 26.5 Å². The minimum Gasteiger partial charge on any atom is -0.374 e. The smallest absolute Gasteiger partial charge is 0.272 e. The Morgan fingerprint density at radius 2 is 1.95 bits per heavy atom. The Labute approximate surface area is 115 Å². The molecule has 0 saturated carbocycles. The van der Waals surface area contributed by atoms with Crippen molar-refractivity contribution in [3.8, 4) is 0 Å². The van der Waals surface area contributed by atoms with E-state index in [0.717, 1.165) is 16.9 Å². The van der Waals surface area contributed by atoms with E-state index < -0.39 is 10.0 Å². The molecule has 2 N–H and O–H groups in total. The molecule has 0 amide bonds. The Morgan fingerprint density at radius 3 is 2.53 bits per heavy atom. The quantitative estimate of drug-likeness (QED) is 0.889. The Balaban J connectivity index is 2.05. The van der Waals surface area contributed by atoms with E-state index in [9.17, 15) is 8.42 Å². The summed E-state index contributed by atoms with van der Waals surface area (Å²) < 4.78 is 25.5. The Hall–Kier alpha value is -1.51. The van der Waals surface area contributed by atoms with Crippen LogP contribution in [0.2, 0.25) is 0 Å². The van der Waals surface area contributed by atoms with Crippen molar-refractivity contribution in [2.75, 3.05) is 19.3 Å². The summed E-state index contributed by atoms with van der Waals surface area (Å²) in [6.45, 7) is 0.381. The summed E-state index contributed by atoms with van der Waals surface area (Å²) in [4.78, 5) is 0. The van der Waals surface area contributed by atoms with Crippen LogP contribution in [0.3, 0.4) is 0 Å². The Bertz CT molecular complexity index is 640. The monoisotopic (exact) mass is 298 g/mol. The molecule has 8 heteroatoms. The van der Waals surface area contributed by atoms with Crippen LogP contribution in [0.4, 0.5) is 5.13 Å². The van der Waals surface area contributed by atoms with Gasteiger partial charge >= 0.3 is 0 Å². The molecule has 1 aromatic heterocycles. The van der Waals surface area contributed by atoms with Gasteiger partial charge in [-0.1, -0.05) is 41.7 Å². The first-order valence-corrected chi connectivity index (χ1v) is 7.85. The molecule has 6 nitrogen and oxygen atoms in total. The third-order valence-electron chi connectivity index (χ3n) is 2.61. The maximum atomic E-state index is 12.1. The highest BCUT2D eigenvalue weighted by atomic mass is 32.2. The molecular formula is C11H14N4O2S2. The zero-order valence-corrected chi connectivity index (χ0v) is 12.0. The number of rotatable bonds is 5. The van der Waals surface area contributed by atoms with Crippen molar-refractivity contribution in [3.05, 3.63) is 35.9 Å². The van der Waals surface area contributed by atoms with Crippen molar-refractivity contribution in [1.29, 1.82) is 0 Å². The fourth-order valence-electron chi connectivity index (χ4n) is 1.51. The molecule has 0 aliphatic carbocycles. The van der Waals surface area contributed by atoms with Crippen LogP contribution >= 0.6 is 11.3 Å². The van der Waals surface area contributed by atoms with Crippen molar-refractivity contribution in [1.82, 2.24) is 14.5 Å². The number of hydrogen-bond donors (Lipinski definition) is 1. The van der Waals surface area contributed by atoms with Crippen LogP contribution in [-0.4, -0.2) is 36.5 Å². The summed E-state index contributed by atoms with van der Waals surface area (Å²) in [6.07, 6.45) is 0.644. The predicted octanol–water partition coefficient (Wildman–Crippen LogP) is 0.984. The molecule has 2 aromatic rings. The van der Waals surface area contributed by atoms with E-state index >= 15 is 0 Å². The third kappa shape index (κ3) is 3.28. The average Bonchev–Trinajstić information content (AvgIpc) is 2.84. The lowest BCUT2D eigenvalue weighted by Gasteiger charge is -2.14. The molecule has 0 saturated heterocycles. The second-order valence-corrected chi connectivity index (χ2v) is 7.20. The largest absolute Gasteiger partial charge is 0.374 e. The van der Waals surface area contributed by atoms with Gasteiger partial charge < -0.3 is 5.73 Å². The molecule has 1 heterocycles. The molecule has 0 aliphatic rings. The van der Waals surface area contributed by atoms with Gasteiger partial charge in [0.05, 0.1) is 0 Å². The lowest BCUT2D eigenvalue weighted by atomic mass is 10.2. The van der Waals surface area contributed by atoms with E-state index in [1.54, 1.807) is 0 Å². The fourth-order valence-corrected chi connectivity index (χ4v) is 3.65. The van der Waals surface area contributed by atoms with Crippen LogP contribution in [0, 0.1) is 0 Å². The molecule has 0 unspecified atom stereocenters. The zero-order valence-electron chi connectivity index (χ0n) is 10.4. The maximum absolute atomic E-state index is 12.1. The van der Waals surface area contributed by atoms with Gasteiger partial charge in [0.25, 0.3) is 10.0 Å². The number of nitrogens with zero attached hydrogens (tertiary/aromatic N) is 3. The molecular weight excluding hydrogens is 284 g/mol. The SMILES string of the molecule is CN(CCc1ccccc1)S(=O)(=O)c1nnc(N)s1. The van der Waals surface area contributed by atoms with Gasteiger partial charge in [0.15, 0.2) is 0 Å². The van der Waals surface area contributed by atoms with Crippen LogP contribution in [0.1, 0.15) is 5.56 Å². The molecule has 102 valence electrons. The Morgan fingerprint density at radius 1 is 1.26 bits per heavy atom. The van der Waals surface area contributed by atoms with Gasteiger partial charge in [-0.15, -0.1) is 10.2 Å². The summed E-state index contributed by atoms with van der Waals surface area (Å²) in [5, 5.41) is 7.25. The second kappa shape index (κ2) is 5.64. The summed E-state index contributed by atoms with van der Waals surface area (Å²) >= 11 is 0.871. The van der Waals surface area contributed by atoms with Crippen LogP contribution in [0.15, 0.2) is 34.7 Å². The summed E-state index contributed by atoms with van der Waals surface area (Å²) in [5.74, 6) is 0. The summed E-state index contributed by atoms with van der Waals surface area (Å²) in [7, 11) is -2.07. The number of sulfonamides is 1. The molecule has 19 heavy (non-hydrogen) atoms. The number of nitrogen functional groups attached to an aromatic ring is 1. The van der Waals surface area contributed by atoms with Gasteiger partial charge in [0.1, 0.15) is 0 Å². The number of likely N-dealkylation sites (N-methyl/N-ethyl adjacent to an activating group) is 1. The standard InChI is InChI=1S/C11H14N4O2S2/c1-15(8-7-9-5-3-2-4-6-9)19(16,17)11-14-13-10(12)18-11/h2-6H,7-8H2,1H3,(H2,12,13). The van der Waals surface area contributed by atoms with Gasteiger partial charge in [-0.25, -0.2) is 8.42 Å². The Kier molecular flexibility index (Phi) is 4.13. The molecule has 0 spiro atoms. The number of nitrogens with two attached hydrogens (primary N) is 1. The topological polar surface area (TPSA) is 89.2 Å². The van der Waals surface area contributed by atoms with Crippen molar-refractivity contribution < 1.29 is 8.42 Å². The van der Waals surface area contributed by atoms with E-state index in [4.69, 9.17) is 5.73 Å². The second-order valence-electron chi connectivity index (χ2n) is 3.97. The molecule has 0 aliphatic heterocycles. The lowest BCUT2D eigenvalue weighted by Crippen LogP contribution is -2.29. The highest BCUT2D eigenvalue weighted by molar-refractivity contribution is 7.91. The van der Waals surface area contributed by atoms with Crippen molar-refractivity contribution in [2.24, 2.45) is 0 Å². The first-order valence-electron chi connectivity index (χ1n) is 5.59. The van der Waals surface area contributed by atoms with Crippen LogP contribution < -0.4 is 5.73 Å². The van der Waals surface area contributed by atoms with Crippen LogP contribution in [0.25, 0.3) is 0 Å². The normalized spacial score (nSPS) is 11.9. The average molecular weight is 298 g/mol. The van der Waals surface area contributed by atoms with Crippen molar-refractivity contribution in [3.63, 3.8) is 0 Å². The molecule has 0 atom stereocenters. The van der Waals surface area contributed by atoms with Crippen molar-refractivity contribution in [2.45, 2.75) is 10.8 Å². The van der Waals surface area contributed by atoms with Gasteiger partial charge in [-0.3, -0.25) is 0 Å². The maximum Gasteiger partial charge on any atom is 0.272 e. The lowest BCUT2D eigenvalue weighted by molar-refractivity contribution is 0.471. The molecule has 0 radical (unpaired) electrons.